The Morgan fingerprint density at radius 1 is 0.208 bits per heavy atom. The standard InChI is InChI=1S/C69H63N3/c1-7-52-16-34-64(35-17-52)70(61-28-10-49(4)11-29-61)67-40-22-55(23-41-67)58-46-59(56-24-42-68(43-25-56)71(62-30-12-50(5)13-31-62)65-36-18-53(8-2)19-37-65)48-60(47-58)57-26-44-69(45-27-57)72(63-32-14-51(6)15-33-63)66-38-20-54(9-3)21-39-66/h10-48H,7-9H2,1-6H3. The van der Waals surface area contributed by atoms with Crippen molar-refractivity contribution in [3.63, 3.8) is 0 Å². The molecule has 10 rings (SSSR count). The Labute approximate surface area is 428 Å². The predicted octanol–water partition coefficient (Wildman–Crippen LogP) is 19.7. The van der Waals surface area contributed by atoms with Crippen molar-refractivity contribution in [1.82, 2.24) is 0 Å². The first kappa shape index (κ1) is 47.3. The molecule has 0 radical (unpaired) electrons. The molecule has 3 heteroatoms. The summed E-state index contributed by atoms with van der Waals surface area (Å²) in [6, 6.07) is 87.6. The van der Waals surface area contributed by atoms with Crippen LogP contribution in [0, 0.1) is 20.8 Å². The van der Waals surface area contributed by atoms with Crippen LogP contribution in [-0.4, -0.2) is 0 Å². The zero-order chi connectivity index (χ0) is 49.6. The summed E-state index contributed by atoms with van der Waals surface area (Å²) in [5.41, 5.74) is 24.8. The fourth-order valence-electron chi connectivity index (χ4n) is 9.60. The zero-order valence-electron chi connectivity index (χ0n) is 42.5. The lowest BCUT2D eigenvalue weighted by molar-refractivity contribution is 1.14. The van der Waals surface area contributed by atoms with Crippen LogP contribution in [0.15, 0.2) is 237 Å². The molecule has 0 fully saturated rings. The van der Waals surface area contributed by atoms with E-state index < -0.39 is 0 Å². The fourth-order valence-corrected chi connectivity index (χ4v) is 9.60. The maximum absolute atomic E-state index is 2.35. The molecule has 0 aliphatic carbocycles. The lowest BCUT2D eigenvalue weighted by atomic mass is 9.93. The molecule has 0 aliphatic heterocycles. The number of anilines is 9. The normalized spacial score (nSPS) is 11.1. The van der Waals surface area contributed by atoms with Gasteiger partial charge >= 0.3 is 0 Å². The predicted molar refractivity (Wildman–Crippen MR) is 309 cm³/mol. The van der Waals surface area contributed by atoms with Crippen LogP contribution >= 0.6 is 0 Å². The molecule has 354 valence electrons. The molecule has 0 bridgehead atoms. The van der Waals surface area contributed by atoms with Gasteiger partial charge in [-0.2, -0.15) is 0 Å². The van der Waals surface area contributed by atoms with Gasteiger partial charge in [-0.3, -0.25) is 0 Å². The van der Waals surface area contributed by atoms with Crippen LogP contribution in [0.1, 0.15) is 54.2 Å². The van der Waals surface area contributed by atoms with Crippen molar-refractivity contribution in [2.75, 3.05) is 14.7 Å². The Hall–Kier alpha value is -8.40. The van der Waals surface area contributed by atoms with E-state index in [-0.39, 0.29) is 0 Å². The van der Waals surface area contributed by atoms with Gasteiger partial charge in [0.05, 0.1) is 0 Å². The summed E-state index contributed by atoms with van der Waals surface area (Å²) in [4.78, 5) is 7.05. The summed E-state index contributed by atoms with van der Waals surface area (Å²) in [5.74, 6) is 0. The molecule has 0 saturated heterocycles. The van der Waals surface area contributed by atoms with Crippen LogP contribution in [0.3, 0.4) is 0 Å². The minimum atomic E-state index is 1.01. The molecule has 0 amide bonds. The molecule has 10 aromatic carbocycles. The smallest absolute Gasteiger partial charge is 0.0462 e. The zero-order valence-corrected chi connectivity index (χ0v) is 42.5. The van der Waals surface area contributed by atoms with Gasteiger partial charge in [0, 0.05) is 51.2 Å². The summed E-state index contributed by atoms with van der Waals surface area (Å²) in [7, 11) is 0. The summed E-state index contributed by atoms with van der Waals surface area (Å²) >= 11 is 0. The van der Waals surface area contributed by atoms with Gasteiger partial charge in [0.15, 0.2) is 0 Å². The molecule has 0 N–H and O–H groups in total. The number of rotatable bonds is 15. The molecular weight excluding hydrogens is 871 g/mol. The van der Waals surface area contributed by atoms with Gasteiger partial charge in [0.2, 0.25) is 0 Å². The highest BCUT2D eigenvalue weighted by molar-refractivity contribution is 5.86. The van der Waals surface area contributed by atoms with E-state index in [1.165, 1.54) is 33.4 Å². The topological polar surface area (TPSA) is 9.72 Å². The molecule has 0 aromatic heterocycles. The minimum absolute atomic E-state index is 1.01. The summed E-state index contributed by atoms with van der Waals surface area (Å²) in [5, 5.41) is 0. The summed E-state index contributed by atoms with van der Waals surface area (Å²) in [6.45, 7) is 13.0. The van der Waals surface area contributed by atoms with Crippen molar-refractivity contribution in [3.8, 4) is 33.4 Å². The molecule has 0 unspecified atom stereocenters. The van der Waals surface area contributed by atoms with E-state index in [0.717, 1.165) is 104 Å². The Morgan fingerprint density at radius 2 is 0.375 bits per heavy atom. The van der Waals surface area contributed by atoms with Crippen LogP contribution in [0.5, 0.6) is 0 Å². The molecule has 72 heavy (non-hydrogen) atoms. The van der Waals surface area contributed by atoms with Gasteiger partial charge in [-0.05, 0) is 217 Å². The molecular formula is C69H63N3. The van der Waals surface area contributed by atoms with Gasteiger partial charge in [-0.1, -0.05) is 147 Å². The van der Waals surface area contributed by atoms with Crippen molar-refractivity contribution >= 4 is 51.2 Å². The Kier molecular flexibility index (Phi) is 14.0. The average molecular weight is 934 g/mol. The number of hydrogen-bond acceptors (Lipinski definition) is 3. The van der Waals surface area contributed by atoms with E-state index in [4.69, 9.17) is 0 Å². The third-order valence-corrected chi connectivity index (χ3v) is 14.0. The molecule has 0 aliphatic rings. The van der Waals surface area contributed by atoms with Crippen LogP contribution in [-0.2, 0) is 19.3 Å². The van der Waals surface area contributed by atoms with E-state index in [9.17, 15) is 0 Å². The van der Waals surface area contributed by atoms with Gasteiger partial charge in [0.25, 0.3) is 0 Å². The summed E-state index contributed by atoms with van der Waals surface area (Å²) in [6.07, 6.45) is 3.02. The van der Waals surface area contributed by atoms with Gasteiger partial charge in [-0.25, -0.2) is 0 Å². The van der Waals surface area contributed by atoms with Crippen molar-refractivity contribution in [2.45, 2.75) is 60.8 Å². The van der Waals surface area contributed by atoms with Crippen LogP contribution in [0.4, 0.5) is 51.2 Å². The van der Waals surface area contributed by atoms with Crippen molar-refractivity contribution in [3.05, 3.63) is 270 Å². The lowest BCUT2D eigenvalue weighted by Gasteiger charge is -2.26. The second kappa shape index (κ2) is 21.3. The largest absolute Gasteiger partial charge is 0.311 e. The minimum Gasteiger partial charge on any atom is -0.311 e. The maximum Gasteiger partial charge on any atom is 0.0462 e. The quantitative estimate of drug-likeness (QED) is 0.101. The fraction of sp³-hybridized carbons (Fsp3) is 0.130. The third kappa shape index (κ3) is 10.4. The Bertz CT molecular complexity index is 2980. The SMILES string of the molecule is CCc1ccc(N(c2ccc(C)cc2)c2ccc(-c3cc(-c4ccc(N(c5ccc(C)cc5)c5ccc(CC)cc5)cc4)cc(-c4ccc(N(c5ccc(C)cc5)c5ccc(CC)cc5)cc4)c3)cc2)cc1. The van der Waals surface area contributed by atoms with Crippen molar-refractivity contribution < 1.29 is 0 Å². The second-order valence-corrected chi connectivity index (χ2v) is 19.0. The molecule has 0 saturated carbocycles. The van der Waals surface area contributed by atoms with E-state index in [1.807, 2.05) is 0 Å². The number of nitrogens with zero attached hydrogens (tertiary/aromatic N) is 3. The molecule has 10 aromatic rings. The maximum atomic E-state index is 2.35. The van der Waals surface area contributed by atoms with Crippen LogP contribution < -0.4 is 14.7 Å². The molecule has 0 spiro atoms. The molecule has 3 nitrogen and oxygen atoms in total. The van der Waals surface area contributed by atoms with E-state index >= 15 is 0 Å². The van der Waals surface area contributed by atoms with E-state index in [2.05, 4.69) is 293 Å². The van der Waals surface area contributed by atoms with Crippen molar-refractivity contribution in [1.29, 1.82) is 0 Å². The van der Waals surface area contributed by atoms with E-state index in [0.29, 0.717) is 0 Å². The third-order valence-electron chi connectivity index (χ3n) is 14.0. The first-order chi connectivity index (χ1) is 35.2. The first-order valence-electron chi connectivity index (χ1n) is 25.6. The Balaban J connectivity index is 1.05. The first-order valence-corrected chi connectivity index (χ1v) is 25.6. The van der Waals surface area contributed by atoms with Crippen LogP contribution in [0.25, 0.3) is 33.4 Å². The highest BCUT2D eigenvalue weighted by Crippen LogP contribution is 2.41. The van der Waals surface area contributed by atoms with Gasteiger partial charge < -0.3 is 14.7 Å². The van der Waals surface area contributed by atoms with Gasteiger partial charge in [0.1, 0.15) is 0 Å². The molecule has 0 atom stereocenters. The monoisotopic (exact) mass is 934 g/mol. The van der Waals surface area contributed by atoms with Crippen LogP contribution in [0.2, 0.25) is 0 Å². The highest BCUT2D eigenvalue weighted by atomic mass is 15.2. The average Bonchev–Trinajstić information content (AvgIpc) is 3.43. The van der Waals surface area contributed by atoms with Crippen molar-refractivity contribution in [2.24, 2.45) is 0 Å². The summed E-state index contributed by atoms with van der Waals surface area (Å²) < 4.78 is 0. The van der Waals surface area contributed by atoms with Gasteiger partial charge in [-0.15, -0.1) is 0 Å². The highest BCUT2D eigenvalue weighted by Gasteiger charge is 2.18. The number of aryl methyl sites for hydroxylation is 6. The lowest BCUT2D eigenvalue weighted by Crippen LogP contribution is -2.10. The van der Waals surface area contributed by atoms with E-state index in [1.54, 1.807) is 0 Å². The second-order valence-electron chi connectivity index (χ2n) is 19.0. The Morgan fingerprint density at radius 3 is 0.556 bits per heavy atom. The molecule has 0 heterocycles. The number of hydrogen-bond donors (Lipinski definition) is 0. The number of benzene rings is 10.